The predicted molar refractivity (Wildman–Crippen MR) is 138 cm³/mol. The first-order valence-corrected chi connectivity index (χ1v) is 11.8. The molecule has 35 heavy (non-hydrogen) atoms. The molecule has 0 spiro atoms. The van der Waals surface area contributed by atoms with Crippen molar-refractivity contribution >= 4 is 23.9 Å². The minimum Gasteiger partial charge on any atom is -0.497 e. The van der Waals surface area contributed by atoms with E-state index in [1.807, 2.05) is 66.1 Å². The Labute approximate surface area is 208 Å². The van der Waals surface area contributed by atoms with Crippen molar-refractivity contribution in [3.05, 3.63) is 83.9 Å². The van der Waals surface area contributed by atoms with Crippen LogP contribution >= 0.6 is 11.8 Å². The normalized spacial score (nSPS) is 10.9. The van der Waals surface area contributed by atoms with E-state index in [2.05, 4.69) is 20.7 Å². The molecule has 3 aromatic carbocycles. The summed E-state index contributed by atoms with van der Waals surface area (Å²) in [5.74, 6) is 1.84. The molecule has 4 rings (SSSR count). The number of aromatic nitrogens is 3. The summed E-state index contributed by atoms with van der Waals surface area (Å²) in [6, 6.07) is 23.3. The number of hydrogen-bond acceptors (Lipinski definition) is 7. The molecule has 1 amide bonds. The van der Waals surface area contributed by atoms with Crippen molar-refractivity contribution in [3.8, 4) is 28.6 Å². The lowest BCUT2D eigenvalue weighted by atomic mass is 10.1. The number of carbonyl (C=O) groups is 1. The van der Waals surface area contributed by atoms with E-state index in [-0.39, 0.29) is 11.7 Å². The van der Waals surface area contributed by atoms with Gasteiger partial charge < -0.3 is 9.47 Å². The van der Waals surface area contributed by atoms with Gasteiger partial charge in [0.05, 0.1) is 26.2 Å². The molecule has 0 aliphatic rings. The highest BCUT2D eigenvalue weighted by molar-refractivity contribution is 7.99. The lowest BCUT2D eigenvalue weighted by Gasteiger charge is -2.10. The molecule has 1 aromatic heterocycles. The molecule has 0 saturated carbocycles. The number of hydrazone groups is 1. The van der Waals surface area contributed by atoms with Crippen molar-refractivity contribution in [1.29, 1.82) is 0 Å². The third-order valence-corrected chi connectivity index (χ3v) is 6.05. The van der Waals surface area contributed by atoms with Gasteiger partial charge in [-0.15, -0.1) is 10.2 Å². The first-order chi connectivity index (χ1) is 17.1. The summed E-state index contributed by atoms with van der Waals surface area (Å²) in [4.78, 5) is 12.5. The number of aryl methyl sites for hydroxylation is 1. The second-order valence-electron chi connectivity index (χ2n) is 7.53. The van der Waals surface area contributed by atoms with Crippen LogP contribution in [0.25, 0.3) is 17.1 Å². The fourth-order valence-electron chi connectivity index (χ4n) is 3.34. The van der Waals surface area contributed by atoms with Crippen LogP contribution in [0.1, 0.15) is 11.1 Å². The van der Waals surface area contributed by atoms with Crippen LogP contribution in [-0.2, 0) is 4.79 Å². The Hall–Kier alpha value is -4.11. The van der Waals surface area contributed by atoms with Crippen LogP contribution in [0.3, 0.4) is 0 Å². The molecule has 4 aromatic rings. The van der Waals surface area contributed by atoms with Crippen LogP contribution in [-0.4, -0.2) is 46.9 Å². The van der Waals surface area contributed by atoms with Gasteiger partial charge in [0.25, 0.3) is 5.91 Å². The number of methoxy groups -OCH3 is 2. The van der Waals surface area contributed by atoms with E-state index < -0.39 is 0 Å². The number of nitrogens with zero attached hydrogens (tertiary/aromatic N) is 4. The molecule has 0 radical (unpaired) electrons. The number of rotatable bonds is 9. The SMILES string of the molecule is COc1ccc(OC)c(C=NNC(=O)CSc2nnc(-c3ccc(C)cc3)n2-c2ccccc2)c1. The van der Waals surface area contributed by atoms with Gasteiger partial charge in [0, 0.05) is 16.8 Å². The summed E-state index contributed by atoms with van der Waals surface area (Å²) < 4.78 is 12.5. The molecule has 0 saturated heterocycles. The quantitative estimate of drug-likeness (QED) is 0.212. The second-order valence-corrected chi connectivity index (χ2v) is 8.48. The number of thioether (sulfide) groups is 1. The first kappa shape index (κ1) is 24.0. The summed E-state index contributed by atoms with van der Waals surface area (Å²) in [5, 5.41) is 13.4. The molecule has 0 unspecified atom stereocenters. The van der Waals surface area contributed by atoms with E-state index in [0.29, 0.717) is 28.0 Å². The summed E-state index contributed by atoms with van der Waals surface area (Å²) in [6.07, 6.45) is 1.52. The fourth-order valence-corrected chi connectivity index (χ4v) is 4.08. The van der Waals surface area contributed by atoms with Crippen molar-refractivity contribution in [2.24, 2.45) is 5.10 Å². The van der Waals surface area contributed by atoms with Crippen molar-refractivity contribution in [2.75, 3.05) is 20.0 Å². The molecule has 0 fully saturated rings. The van der Waals surface area contributed by atoms with E-state index in [1.54, 1.807) is 32.4 Å². The first-order valence-electron chi connectivity index (χ1n) is 10.8. The van der Waals surface area contributed by atoms with E-state index in [9.17, 15) is 4.79 Å². The molecule has 8 nitrogen and oxygen atoms in total. The van der Waals surface area contributed by atoms with Crippen LogP contribution in [0.15, 0.2) is 83.1 Å². The highest BCUT2D eigenvalue weighted by atomic mass is 32.2. The third-order valence-electron chi connectivity index (χ3n) is 5.12. The second kappa shape index (κ2) is 11.3. The zero-order valence-electron chi connectivity index (χ0n) is 19.6. The number of para-hydroxylation sites is 1. The van der Waals surface area contributed by atoms with Crippen molar-refractivity contribution < 1.29 is 14.3 Å². The summed E-state index contributed by atoms with van der Waals surface area (Å²) in [5.41, 5.74) is 6.26. The minimum absolute atomic E-state index is 0.117. The maximum Gasteiger partial charge on any atom is 0.250 e. The minimum atomic E-state index is -0.271. The van der Waals surface area contributed by atoms with Gasteiger partial charge >= 0.3 is 0 Å². The Kier molecular flexibility index (Phi) is 7.79. The zero-order chi connectivity index (χ0) is 24.6. The van der Waals surface area contributed by atoms with Crippen LogP contribution in [0.2, 0.25) is 0 Å². The molecule has 1 N–H and O–H groups in total. The van der Waals surface area contributed by atoms with Crippen molar-refractivity contribution in [2.45, 2.75) is 12.1 Å². The van der Waals surface area contributed by atoms with Crippen LogP contribution < -0.4 is 14.9 Å². The number of benzene rings is 3. The lowest BCUT2D eigenvalue weighted by Crippen LogP contribution is -2.20. The van der Waals surface area contributed by atoms with E-state index >= 15 is 0 Å². The van der Waals surface area contributed by atoms with Gasteiger partial charge in [0.15, 0.2) is 11.0 Å². The molecule has 9 heteroatoms. The number of carbonyl (C=O) groups excluding carboxylic acids is 1. The largest absolute Gasteiger partial charge is 0.497 e. The third kappa shape index (κ3) is 5.88. The number of hydrogen-bond donors (Lipinski definition) is 1. The average molecular weight is 488 g/mol. The molecule has 0 aliphatic heterocycles. The highest BCUT2D eigenvalue weighted by Crippen LogP contribution is 2.28. The smallest absolute Gasteiger partial charge is 0.250 e. The summed E-state index contributed by atoms with van der Waals surface area (Å²) >= 11 is 1.29. The van der Waals surface area contributed by atoms with Gasteiger partial charge in [-0.2, -0.15) is 5.10 Å². The standard InChI is InChI=1S/C26H25N5O3S/c1-18-9-11-19(12-10-18)25-29-30-26(31(25)21-7-5-4-6-8-21)35-17-24(32)28-27-16-20-15-22(33-2)13-14-23(20)34-3/h4-16H,17H2,1-3H3,(H,28,32). The Morgan fingerprint density at radius 2 is 1.80 bits per heavy atom. The lowest BCUT2D eigenvalue weighted by molar-refractivity contribution is -0.118. The predicted octanol–water partition coefficient (Wildman–Crippen LogP) is 4.50. The van der Waals surface area contributed by atoms with Gasteiger partial charge in [0.1, 0.15) is 11.5 Å². The molecule has 178 valence electrons. The van der Waals surface area contributed by atoms with Gasteiger partial charge in [-0.05, 0) is 37.3 Å². The summed E-state index contributed by atoms with van der Waals surface area (Å²) in [6.45, 7) is 2.04. The fraction of sp³-hybridized carbons (Fsp3) is 0.154. The monoisotopic (exact) mass is 487 g/mol. The van der Waals surface area contributed by atoms with E-state index in [4.69, 9.17) is 9.47 Å². The average Bonchev–Trinajstić information content (AvgIpc) is 3.32. The Bertz CT molecular complexity index is 1320. The molecule has 1 heterocycles. The maximum absolute atomic E-state index is 12.5. The van der Waals surface area contributed by atoms with Crippen LogP contribution in [0.5, 0.6) is 11.5 Å². The topological polar surface area (TPSA) is 90.6 Å². The molecule has 0 atom stereocenters. The Morgan fingerprint density at radius 3 is 2.51 bits per heavy atom. The maximum atomic E-state index is 12.5. The number of amides is 1. The molecular formula is C26H25N5O3S. The van der Waals surface area contributed by atoms with Crippen molar-refractivity contribution in [3.63, 3.8) is 0 Å². The van der Waals surface area contributed by atoms with E-state index in [1.165, 1.54) is 18.0 Å². The van der Waals surface area contributed by atoms with Crippen LogP contribution in [0.4, 0.5) is 0 Å². The Balaban J connectivity index is 1.48. The number of ether oxygens (including phenoxy) is 2. The Morgan fingerprint density at radius 1 is 1.03 bits per heavy atom. The number of nitrogens with one attached hydrogen (secondary N) is 1. The molecule has 0 aliphatic carbocycles. The molecular weight excluding hydrogens is 462 g/mol. The molecule has 0 bridgehead atoms. The summed E-state index contributed by atoms with van der Waals surface area (Å²) in [7, 11) is 3.16. The van der Waals surface area contributed by atoms with Gasteiger partial charge in [-0.3, -0.25) is 9.36 Å². The van der Waals surface area contributed by atoms with Crippen molar-refractivity contribution in [1.82, 2.24) is 20.2 Å². The van der Waals surface area contributed by atoms with Gasteiger partial charge in [-0.25, -0.2) is 5.43 Å². The van der Waals surface area contributed by atoms with Gasteiger partial charge in [0.2, 0.25) is 0 Å². The highest BCUT2D eigenvalue weighted by Gasteiger charge is 2.17. The van der Waals surface area contributed by atoms with E-state index in [0.717, 1.165) is 16.8 Å². The van der Waals surface area contributed by atoms with Gasteiger partial charge in [-0.1, -0.05) is 59.8 Å². The zero-order valence-corrected chi connectivity index (χ0v) is 20.5. The van der Waals surface area contributed by atoms with Crippen LogP contribution in [0, 0.1) is 6.92 Å².